The van der Waals surface area contributed by atoms with Crippen molar-refractivity contribution >= 4 is 23.2 Å². The minimum atomic E-state index is -0.428. The fourth-order valence-corrected chi connectivity index (χ4v) is 2.77. The summed E-state index contributed by atoms with van der Waals surface area (Å²) < 4.78 is 9.98. The van der Waals surface area contributed by atoms with Crippen LogP contribution in [-0.4, -0.2) is 79.7 Å². The molecular weight excluding hydrogens is 306 g/mol. The number of rotatable bonds is 6. The van der Waals surface area contributed by atoms with Crippen molar-refractivity contribution in [2.24, 2.45) is 0 Å². The number of esters is 1. The third kappa shape index (κ3) is 4.75. The van der Waals surface area contributed by atoms with Crippen LogP contribution < -0.4 is 0 Å². The van der Waals surface area contributed by atoms with E-state index in [-0.39, 0.29) is 12.5 Å². The normalized spacial score (nSPS) is 15.5. The standard InChI is InChI=1S/C14H21N3O4S/c1-11-15-12(10-22-11)14(19)17(9-13(18)20-2)4-3-16-5-7-21-8-6-16/h10H,3-9H2,1-2H3. The summed E-state index contributed by atoms with van der Waals surface area (Å²) in [4.78, 5) is 32.0. The van der Waals surface area contributed by atoms with E-state index in [1.807, 2.05) is 6.92 Å². The van der Waals surface area contributed by atoms with Crippen molar-refractivity contribution in [2.75, 3.05) is 53.0 Å². The highest BCUT2D eigenvalue weighted by Gasteiger charge is 2.22. The number of thiazole rings is 1. The Hall–Kier alpha value is -1.51. The van der Waals surface area contributed by atoms with Crippen molar-refractivity contribution in [3.05, 3.63) is 16.1 Å². The van der Waals surface area contributed by atoms with E-state index in [4.69, 9.17) is 4.74 Å². The summed E-state index contributed by atoms with van der Waals surface area (Å²) in [6.07, 6.45) is 0. The summed E-state index contributed by atoms with van der Waals surface area (Å²) in [5.74, 6) is -0.662. The van der Waals surface area contributed by atoms with E-state index < -0.39 is 5.97 Å². The van der Waals surface area contributed by atoms with Gasteiger partial charge in [-0.2, -0.15) is 0 Å². The van der Waals surface area contributed by atoms with Gasteiger partial charge in [-0.15, -0.1) is 11.3 Å². The van der Waals surface area contributed by atoms with E-state index in [1.165, 1.54) is 23.3 Å². The molecule has 7 nitrogen and oxygen atoms in total. The monoisotopic (exact) mass is 327 g/mol. The summed E-state index contributed by atoms with van der Waals surface area (Å²) in [5, 5.41) is 2.55. The fraction of sp³-hybridized carbons (Fsp3) is 0.643. The molecule has 1 aromatic rings. The number of aryl methyl sites for hydroxylation is 1. The molecule has 2 heterocycles. The largest absolute Gasteiger partial charge is 0.468 e. The van der Waals surface area contributed by atoms with Crippen molar-refractivity contribution in [1.82, 2.24) is 14.8 Å². The van der Waals surface area contributed by atoms with Gasteiger partial charge < -0.3 is 14.4 Å². The summed E-state index contributed by atoms with van der Waals surface area (Å²) in [6, 6.07) is 0. The van der Waals surface area contributed by atoms with E-state index in [0.717, 1.165) is 18.1 Å². The van der Waals surface area contributed by atoms with Crippen molar-refractivity contribution in [3.8, 4) is 0 Å². The van der Waals surface area contributed by atoms with Gasteiger partial charge in [-0.05, 0) is 6.92 Å². The first-order valence-electron chi connectivity index (χ1n) is 7.18. The van der Waals surface area contributed by atoms with Gasteiger partial charge in [0.25, 0.3) is 5.91 Å². The quantitative estimate of drug-likeness (QED) is 0.704. The van der Waals surface area contributed by atoms with Crippen molar-refractivity contribution < 1.29 is 19.1 Å². The number of amides is 1. The lowest BCUT2D eigenvalue weighted by Gasteiger charge is -2.29. The van der Waals surface area contributed by atoms with Crippen LogP contribution in [0.5, 0.6) is 0 Å². The number of hydrogen-bond acceptors (Lipinski definition) is 7. The van der Waals surface area contributed by atoms with E-state index >= 15 is 0 Å². The summed E-state index contributed by atoms with van der Waals surface area (Å²) in [5.41, 5.74) is 0.383. The molecule has 0 N–H and O–H groups in total. The molecule has 0 radical (unpaired) electrons. The molecule has 1 fully saturated rings. The van der Waals surface area contributed by atoms with E-state index in [0.29, 0.717) is 32.0 Å². The van der Waals surface area contributed by atoms with Gasteiger partial charge in [0.15, 0.2) is 0 Å². The van der Waals surface area contributed by atoms with Crippen LogP contribution in [0.2, 0.25) is 0 Å². The topological polar surface area (TPSA) is 72.0 Å². The summed E-state index contributed by atoms with van der Waals surface area (Å²) >= 11 is 1.42. The second kappa shape index (κ2) is 8.21. The molecule has 2 rings (SSSR count). The highest BCUT2D eigenvalue weighted by atomic mass is 32.1. The van der Waals surface area contributed by atoms with Crippen LogP contribution in [0.3, 0.4) is 0 Å². The van der Waals surface area contributed by atoms with Crippen LogP contribution in [-0.2, 0) is 14.3 Å². The van der Waals surface area contributed by atoms with Gasteiger partial charge in [-0.1, -0.05) is 0 Å². The Kier molecular flexibility index (Phi) is 6.29. The highest BCUT2D eigenvalue weighted by molar-refractivity contribution is 7.09. The van der Waals surface area contributed by atoms with Crippen molar-refractivity contribution in [2.45, 2.75) is 6.92 Å². The maximum Gasteiger partial charge on any atom is 0.325 e. The molecule has 0 atom stereocenters. The summed E-state index contributed by atoms with van der Waals surface area (Å²) in [6.45, 7) is 6.05. The SMILES string of the molecule is COC(=O)CN(CCN1CCOCC1)C(=O)c1csc(C)n1. The van der Waals surface area contributed by atoms with E-state index in [9.17, 15) is 9.59 Å². The average molecular weight is 327 g/mol. The number of nitrogens with zero attached hydrogens (tertiary/aromatic N) is 3. The summed E-state index contributed by atoms with van der Waals surface area (Å²) in [7, 11) is 1.32. The minimum Gasteiger partial charge on any atom is -0.468 e. The number of morpholine rings is 1. The first kappa shape index (κ1) is 16.9. The second-order valence-corrected chi connectivity index (χ2v) is 6.07. The van der Waals surface area contributed by atoms with Crippen molar-refractivity contribution in [1.29, 1.82) is 0 Å². The molecule has 122 valence electrons. The van der Waals surface area contributed by atoms with Crippen LogP contribution in [0.15, 0.2) is 5.38 Å². The molecule has 1 aromatic heterocycles. The third-order valence-corrected chi connectivity index (χ3v) is 4.24. The predicted octanol–water partition coefficient (Wildman–Crippen LogP) is 0.399. The third-order valence-electron chi connectivity index (χ3n) is 3.46. The first-order chi connectivity index (χ1) is 10.6. The lowest BCUT2D eigenvalue weighted by Crippen LogP contribution is -2.44. The number of ether oxygens (including phenoxy) is 2. The van der Waals surface area contributed by atoms with Gasteiger partial charge in [0.2, 0.25) is 0 Å². The van der Waals surface area contributed by atoms with Crippen LogP contribution in [0.4, 0.5) is 0 Å². The molecule has 0 aliphatic carbocycles. The lowest BCUT2D eigenvalue weighted by atomic mass is 10.3. The zero-order chi connectivity index (χ0) is 15.9. The van der Waals surface area contributed by atoms with Gasteiger partial charge in [0.1, 0.15) is 12.2 Å². The number of carbonyl (C=O) groups is 2. The van der Waals surface area contributed by atoms with Gasteiger partial charge in [-0.3, -0.25) is 14.5 Å². The Morgan fingerprint density at radius 3 is 2.77 bits per heavy atom. The second-order valence-electron chi connectivity index (χ2n) is 5.01. The number of hydrogen-bond donors (Lipinski definition) is 0. The van der Waals surface area contributed by atoms with Gasteiger partial charge in [0, 0.05) is 31.6 Å². The molecule has 8 heteroatoms. The smallest absolute Gasteiger partial charge is 0.325 e. The number of aromatic nitrogens is 1. The molecule has 0 bridgehead atoms. The predicted molar refractivity (Wildman–Crippen MR) is 82.0 cm³/mol. The number of methoxy groups -OCH3 is 1. The Labute approximate surface area is 133 Å². The molecule has 22 heavy (non-hydrogen) atoms. The molecule has 1 aliphatic rings. The molecule has 0 aromatic carbocycles. The van der Waals surface area contributed by atoms with Crippen LogP contribution in [0.25, 0.3) is 0 Å². The van der Waals surface area contributed by atoms with Crippen LogP contribution in [0.1, 0.15) is 15.5 Å². The molecule has 1 amide bonds. The molecule has 1 aliphatic heterocycles. The molecule has 1 saturated heterocycles. The molecular formula is C14H21N3O4S. The minimum absolute atomic E-state index is 0.0593. The Morgan fingerprint density at radius 1 is 1.45 bits per heavy atom. The Balaban J connectivity index is 1.98. The van der Waals surface area contributed by atoms with Gasteiger partial charge in [0.05, 0.1) is 25.3 Å². The average Bonchev–Trinajstić information content (AvgIpc) is 2.98. The first-order valence-corrected chi connectivity index (χ1v) is 8.06. The maximum absolute atomic E-state index is 12.5. The molecule has 0 unspecified atom stereocenters. The van der Waals surface area contributed by atoms with Crippen molar-refractivity contribution in [3.63, 3.8) is 0 Å². The van der Waals surface area contributed by atoms with Crippen LogP contribution >= 0.6 is 11.3 Å². The zero-order valence-electron chi connectivity index (χ0n) is 12.9. The Morgan fingerprint density at radius 2 is 2.18 bits per heavy atom. The molecule has 0 spiro atoms. The van der Waals surface area contributed by atoms with E-state index in [1.54, 1.807) is 5.38 Å². The fourth-order valence-electron chi connectivity index (χ4n) is 2.18. The lowest BCUT2D eigenvalue weighted by molar-refractivity contribution is -0.141. The Bertz CT molecular complexity index is 514. The van der Waals surface area contributed by atoms with Gasteiger partial charge >= 0.3 is 5.97 Å². The zero-order valence-corrected chi connectivity index (χ0v) is 13.7. The van der Waals surface area contributed by atoms with Crippen LogP contribution in [0, 0.1) is 6.92 Å². The number of carbonyl (C=O) groups excluding carboxylic acids is 2. The molecule has 0 saturated carbocycles. The van der Waals surface area contributed by atoms with Gasteiger partial charge in [-0.25, -0.2) is 4.98 Å². The highest BCUT2D eigenvalue weighted by Crippen LogP contribution is 2.11. The van der Waals surface area contributed by atoms with E-state index in [2.05, 4.69) is 14.6 Å². The maximum atomic E-state index is 12.5.